The third kappa shape index (κ3) is 7.31. The normalized spacial score (nSPS) is 22.1. The second-order valence-electron chi connectivity index (χ2n) is 14.0. The monoisotopic (exact) mass is 716 g/mol. The first-order chi connectivity index (χ1) is 25.3. The van der Waals surface area contributed by atoms with Crippen molar-refractivity contribution in [2.75, 3.05) is 46.3 Å². The van der Waals surface area contributed by atoms with Crippen LogP contribution in [0, 0.1) is 5.82 Å². The number of benzene rings is 2. The number of aromatic nitrogens is 4. The maximum absolute atomic E-state index is 15.1. The Morgan fingerprint density at radius 3 is 2.62 bits per heavy atom. The predicted molar refractivity (Wildman–Crippen MR) is 197 cm³/mol. The molecule has 0 bridgehead atoms. The number of allylic oxidation sites excluding steroid dienone is 1. The molecule has 278 valence electrons. The van der Waals surface area contributed by atoms with Crippen LogP contribution in [0.3, 0.4) is 0 Å². The Bertz CT molecular complexity index is 1940. The van der Waals surface area contributed by atoms with Crippen LogP contribution >= 0.6 is 0 Å². The number of methoxy groups -OCH3 is 3. The average Bonchev–Trinajstić information content (AvgIpc) is 3.61. The van der Waals surface area contributed by atoms with Gasteiger partial charge in [0.15, 0.2) is 29.3 Å². The molecule has 52 heavy (non-hydrogen) atoms. The van der Waals surface area contributed by atoms with Crippen molar-refractivity contribution in [2.24, 2.45) is 10.7 Å². The molecule has 1 saturated carbocycles. The molecule has 0 radical (unpaired) electrons. The number of hydrogen-bond acceptors (Lipinski definition) is 12. The molecule has 4 aromatic rings. The number of aliphatic imine (C=N–C) groups is 1. The van der Waals surface area contributed by atoms with Crippen molar-refractivity contribution < 1.29 is 28.1 Å². The van der Waals surface area contributed by atoms with E-state index >= 15 is 4.39 Å². The van der Waals surface area contributed by atoms with Gasteiger partial charge >= 0.3 is 0 Å². The lowest BCUT2D eigenvalue weighted by molar-refractivity contribution is -0.242. The van der Waals surface area contributed by atoms with Gasteiger partial charge in [-0.1, -0.05) is 0 Å². The van der Waals surface area contributed by atoms with Gasteiger partial charge in [0.1, 0.15) is 11.5 Å². The number of nitrogens with one attached hydrogen (secondary N) is 1. The molecule has 14 heteroatoms. The smallest absolute Gasteiger partial charge is 0.226 e. The van der Waals surface area contributed by atoms with E-state index in [1.165, 1.54) is 13.2 Å². The standard InChI is InChI=1S/C38H49FN8O5/c1-24-9-10-26(22-46(24)27(19-40)21-41-23-38(13-7-14-38)52-34-8-5-6-15-51-34)35-44-36-29-17-30(39)33(50-4)18-31(29)43-37(47(36)45-35)42-20-25-11-12-28(48-2)16-32(25)49-3/h11-12,16-19,21,24,26,34H,5-10,13-15,20,22-23,40H2,1-4H3,(H,42,43). The number of ether oxygens (including phenoxy) is 5. The van der Waals surface area contributed by atoms with E-state index in [1.807, 2.05) is 24.4 Å². The van der Waals surface area contributed by atoms with E-state index < -0.39 is 5.82 Å². The molecule has 7 rings (SSSR count). The quantitative estimate of drug-likeness (QED) is 0.158. The highest BCUT2D eigenvalue weighted by Crippen LogP contribution is 2.39. The second-order valence-corrected chi connectivity index (χ2v) is 14.0. The number of hydrogen-bond donors (Lipinski definition) is 2. The number of piperidine rings is 1. The second kappa shape index (κ2) is 15.5. The Hall–Kier alpha value is -4.69. The van der Waals surface area contributed by atoms with Gasteiger partial charge in [0.05, 0.1) is 44.7 Å². The lowest BCUT2D eigenvalue weighted by Crippen LogP contribution is -2.47. The molecule has 2 aromatic heterocycles. The summed E-state index contributed by atoms with van der Waals surface area (Å²) in [6, 6.07) is 8.87. The Kier molecular flexibility index (Phi) is 10.6. The summed E-state index contributed by atoms with van der Waals surface area (Å²) in [4.78, 5) is 17.0. The SMILES string of the molecule is COc1ccc(CNc2nc3cc(OC)c(F)cc3c3nc(C4CCC(C)N(C(C=NCC5(OC6CCCCO6)CCC5)=CN)C4)nn23)c(OC)c1. The van der Waals surface area contributed by atoms with E-state index in [0.717, 1.165) is 69.2 Å². The van der Waals surface area contributed by atoms with Crippen molar-refractivity contribution in [3.8, 4) is 17.2 Å². The Morgan fingerprint density at radius 1 is 1.06 bits per heavy atom. The van der Waals surface area contributed by atoms with Crippen LogP contribution in [0.2, 0.25) is 0 Å². The van der Waals surface area contributed by atoms with E-state index in [0.29, 0.717) is 59.5 Å². The molecule has 2 aromatic carbocycles. The Morgan fingerprint density at radius 2 is 1.90 bits per heavy atom. The van der Waals surface area contributed by atoms with Crippen LogP contribution in [0.25, 0.3) is 16.6 Å². The van der Waals surface area contributed by atoms with Gasteiger partial charge in [-0.25, -0.2) is 14.4 Å². The van der Waals surface area contributed by atoms with Crippen LogP contribution in [0.1, 0.15) is 75.6 Å². The van der Waals surface area contributed by atoms with E-state index in [9.17, 15) is 0 Å². The molecule has 0 spiro atoms. The number of fused-ring (bicyclic) bond motifs is 3. The van der Waals surface area contributed by atoms with Crippen LogP contribution in [-0.2, 0) is 16.0 Å². The number of nitrogens with two attached hydrogens (primary N) is 1. The summed E-state index contributed by atoms with van der Waals surface area (Å²) in [5.74, 6) is 2.05. The maximum Gasteiger partial charge on any atom is 0.226 e. The van der Waals surface area contributed by atoms with Crippen LogP contribution in [0.4, 0.5) is 10.3 Å². The molecule has 0 amide bonds. The zero-order valence-corrected chi connectivity index (χ0v) is 30.4. The fraction of sp³-hybridized carbons (Fsp3) is 0.526. The zero-order chi connectivity index (χ0) is 36.2. The minimum absolute atomic E-state index is 0.0168. The molecule has 3 fully saturated rings. The molecule has 1 aliphatic carbocycles. The number of nitrogens with zero attached hydrogens (tertiary/aromatic N) is 6. The summed E-state index contributed by atoms with van der Waals surface area (Å²) >= 11 is 0. The summed E-state index contributed by atoms with van der Waals surface area (Å²) in [5, 5.41) is 8.94. The molecule has 2 saturated heterocycles. The number of halogens is 1. The average molecular weight is 717 g/mol. The summed E-state index contributed by atoms with van der Waals surface area (Å²) in [6.07, 6.45) is 11.4. The lowest BCUT2D eigenvalue weighted by atomic mass is 9.80. The van der Waals surface area contributed by atoms with Crippen LogP contribution in [0.5, 0.6) is 17.2 Å². The largest absolute Gasteiger partial charge is 0.497 e. The maximum atomic E-state index is 15.1. The molecular formula is C38H49FN8O5. The van der Waals surface area contributed by atoms with Crippen molar-refractivity contribution >= 4 is 28.7 Å². The predicted octanol–water partition coefficient (Wildman–Crippen LogP) is 5.96. The molecule has 3 aliphatic rings. The van der Waals surface area contributed by atoms with E-state index in [1.54, 1.807) is 31.0 Å². The van der Waals surface area contributed by atoms with Crippen LogP contribution in [0.15, 0.2) is 47.2 Å². The summed E-state index contributed by atoms with van der Waals surface area (Å²) in [6.45, 7) is 4.56. The highest BCUT2D eigenvalue weighted by atomic mass is 19.1. The van der Waals surface area contributed by atoms with Crippen molar-refractivity contribution in [1.82, 2.24) is 24.5 Å². The van der Waals surface area contributed by atoms with E-state index in [4.69, 9.17) is 49.5 Å². The molecular weight excluding hydrogens is 667 g/mol. The molecule has 3 N–H and O–H groups in total. The van der Waals surface area contributed by atoms with Gasteiger partial charge in [0.2, 0.25) is 5.95 Å². The van der Waals surface area contributed by atoms with Gasteiger partial charge in [0.25, 0.3) is 0 Å². The van der Waals surface area contributed by atoms with Gasteiger partial charge in [-0.15, -0.1) is 5.10 Å². The highest BCUT2D eigenvalue weighted by Gasteiger charge is 2.41. The summed E-state index contributed by atoms with van der Waals surface area (Å²) in [7, 11) is 4.67. The van der Waals surface area contributed by atoms with Crippen LogP contribution in [-0.4, -0.2) is 89.7 Å². The van der Waals surface area contributed by atoms with E-state index in [2.05, 4.69) is 17.1 Å². The third-order valence-corrected chi connectivity index (χ3v) is 10.6. The zero-order valence-electron chi connectivity index (χ0n) is 30.4. The van der Waals surface area contributed by atoms with Crippen molar-refractivity contribution in [3.63, 3.8) is 0 Å². The van der Waals surface area contributed by atoms with Crippen molar-refractivity contribution in [1.29, 1.82) is 0 Å². The summed E-state index contributed by atoms with van der Waals surface area (Å²) in [5.41, 5.74) is 8.74. The first-order valence-corrected chi connectivity index (χ1v) is 18.2. The topological polar surface area (TPSA) is 143 Å². The molecule has 13 nitrogen and oxygen atoms in total. The highest BCUT2D eigenvalue weighted by molar-refractivity contribution is 5.93. The Balaban J connectivity index is 1.14. The molecule has 2 aliphatic heterocycles. The van der Waals surface area contributed by atoms with Gasteiger partial charge in [-0.2, -0.15) is 4.52 Å². The Labute approximate surface area is 303 Å². The molecule has 3 atom stereocenters. The van der Waals surface area contributed by atoms with Gasteiger partial charge in [-0.05, 0) is 76.5 Å². The first kappa shape index (κ1) is 35.7. The van der Waals surface area contributed by atoms with Gasteiger partial charge < -0.3 is 39.6 Å². The van der Waals surface area contributed by atoms with E-state index in [-0.39, 0.29) is 29.6 Å². The van der Waals surface area contributed by atoms with Gasteiger partial charge in [-0.3, -0.25) is 4.99 Å². The van der Waals surface area contributed by atoms with Crippen LogP contribution < -0.4 is 25.3 Å². The number of rotatable bonds is 13. The van der Waals surface area contributed by atoms with Crippen molar-refractivity contribution in [3.05, 3.63) is 59.4 Å². The number of anilines is 1. The fourth-order valence-electron chi connectivity index (χ4n) is 7.41. The third-order valence-electron chi connectivity index (χ3n) is 10.6. The molecule has 4 heterocycles. The molecule has 3 unspecified atom stereocenters. The first-order valence-electron chi connectivity index (χ1n) is 18.2. The minimum atomic E-state index is -0.498. The van der Waals surface area contributed by atoms with Gasteiger partial charge in [0, 0.05) is 67.2 Å². The minimum Gasteiger partial charge on any atom is -0.497 e. The van der Waals surface area contributed by atoms with Crippen molar-refractivity contribution in [2.45, 2.75) is 88.7 Å². The summed E-state index contributed by atoms with van der Waals surface area (Å²) < 4.78 is 45.3. The fourth-order valence-corrected chi connectivity index (χ4v) is 7.41. The number of likely N-dealkylation sites (tertiary alicyclic amines) is 1. The lowest BCUT2D eigenvalue weighted by Gasteiger charge is -2.43.